The van der Waals surface area contributed by atoms with Crippen molar-refractivity contribution in [2.24, 2.45) is 0 Å². The van der Waals surface area contributed by atoms with Gasteiger partial charge >= 0.3 is 6.18 Å². The number of nitrogens with zero attached hydrogens (tertiary/aromatic N) is 1. The number of rotatable bonds is 2. The first kappa shape index (κ1) is 14.2. The van der Waals surface area contributed by atoms with Gasteiger partial charge in [-0.3, -0.25) is 0 Å². The van der Waals surface area contributed by atoms with Crippen LogP contribution in [0.3, 0.4) is 0 Å². The zero-order valence-electron chi connectivity index (χ0n) is 11.2. The van der Waals surface area contributed by atoms with Crippen molar-refractivity contribution in [1.82, 2.24) is 5.32 Å². The Hall–Kier alpha value is -1.23. The molecule has 1 aliphatic rings. The SMILES string of the molecule is CCC1CNC(C)CN1c1ccc(C(F)(F)F)cc1. The van der Waals surface area contributed by atoms with Gasteiger partial charge in [-0.2, -0.15) is 13.2 Å². The number of halogens is 3. The van der Waals surface area contributed by atoms with Gasteiger partial charge in [0, 0.05) is 30.9 Å². The fourth-order valence-electron chi connectivity index (χ4n) is 2.48. The number of piperazine rings is 1. The Morgan fingerprint density at radius 3 is 2.42 bits per heavy atom. The topological polar surface area (TPSA) is 15.3 Å². The van der Waals surface area contributed by atoms with Crippen LogP contribution < -0.4 is 10.2 Å². The second kappa shape index (κ2) is 5.41. The minimum atomic E-state index is -4.26. The standard InChI is InChI=1S/C14H19F3N2/c1-3-12-8-18-10(2)9-19(12)13-6-4-11(5-7-13)14(15,16)17/h4-7,10,12,18H,3,8-9H2,1-2H3. The lowest BCUT2D eigenvalue weighted by Gasteiger charge is -2.40. The molecule has 0 spiro atoms. The lowest BCUT2D eigenvalue weighted by molar-refractivity contribution is -0.137. The molecular formula is C14H19F3N2. The van der Waals surface area contributed by atoms with Gasteiger partial charge in [-0.05, 0) is 37.6 Å². The van der Waals surface area contributed by atoms with Crippen LogP contribution in [-0.2, 0) is 6.18 Å². The number of hydrogen-bond donors (Lipinski definition) is 1. The molecule has 106 valence electrons. The predicted octanol–water partition coefficient (Wildman–Crippen LogP) is 3.28. The van der Waals surface area contributed by atoms with Gasteiger partial charge in [-0.1, -0.05) is 6.92 Å². The van der Waals surface area contributed by atoms with Gasteiger partial charge < -0.3 is 10.2 Å². The Balaban J connectivity index is 2.20. The average Bonchev–Trinajstić information content (AvgIpc) is 2.38. The van der Waals surface area contributed by atoms with Gasteiger partial charge in [0.2, 0.25) is 0 Å². The Morgan fingerprint density at radius 1 is 1.26 bits per heavy atom. The molecule has 1 aromatic rings. The number of alkyl halides is 3. The van der Waals surface area contributed by atoms with Crippen LogP contribution in [0.25, 0.3) is 0 Å². The van der Waals surface area contributed by atoms with Crippen LogP contribution in [0.4, 0.5) is 18.9 Å². The molecule has 1 saturated heterocycles. The van der Waals surface area contributed by atoms with Crippen LogP contribution in [0, 0.1) is 0 Å². The Bertz CT molecular complexity index is 414. The van der Waals surface area contributed by atoms with Crippen LogP contribution in [0.5, 0.6) is 0 Å². The maximum atomic E-state index is 12.5. The van der Waals surface area contributed by atoms with Crippen molar-refractivity contribution < 1.29 is 13.2 Å². The lowest BCUT2D eigenvalue weighted by atomic mass is 10.1. The van der Waals surface area contributed by atoms with E-state index in [1.807, 2.05) is 0 Å². The third-order valence-corrected chi connectivity index (χ3v) is 3.61. The molecule has 1 aromatic carbocycles. The average molecular weight is 272 g/mol. The molecule has 0 aromatic heterocycles. The summed E-state index contributed by atoms with van der Waals surface area (Å²) < 4.78 is 37.6. The minimum Gasteiger partial charge on any atom is -0.366 e. The first-order chi connectivity index (χ1) is 8.91. The summed E-state index contributed by atoms with van der Waals surface area (Å²) >= 11 is 0. The van der Waals surface area contributed by atoms with Gasteiger partial charge in [0.25, 0.3) is 0 Å². The predicted molar refractivity (Wildman–Crippen MR) is 70.3 cm³/mol. The molecule has 2 rings (SSSR count). The number of nitrogens with one attached hydrogen (secondary N) is 1. The highest BCUT2D eigenvalue weighted by atomic mass is 19.4. The highest BCUT2D eigenvalue weighted by molar-refractivity contribution is 5.49. The summed E-state index contributed by atoms with van der Waals surface area (Å²) in [6.07, 6.45) is -3.29. The maximum Gasteiger partial charge on any atom is 0.416 e. The second-order valence-corrected chi connectivity index (χ2v) is 5.07. The number of anilines is 1. The maximum absolute atomic E-state index is 12.5. The molecule has 5 heteroatoms. The van der Waals surface area contributed by atoms with E-state index in [1.165, 1.54) is 0 Å². The van der Waals surface area contributed by atoms with Gasteiger partial charge in [0.1, 0.15) is 0 Å². The number of benzene rings is 1. The summed E-state index contributed by atoms with van der Waals surface area (Å²) in [5, 5.41) is 3.40. The second-order valence-electron chi connectivity index (χ2n) is 5.07. The van der Waals surface area contributed by atoms with Gasteiger partial charge in [0.15, 0.2) is 0 Å². The van der Waals surface area contributed by atoms with Gasteiger partial charge in [-0.15, -0.1) is 0 Å². The highest BCUT2D eigenvalue weighted by Crippen LogP contribution is 2.31. The molecule has 0 saturated carbocycles. The van der Waals surface area contributed by atoms with Crippen LogP contribution in [0.2, 0.25) is 0 Å². The van der Waals surface area contributed by atoms with Gasteiger partial charge in [-0.25, -0.2) is 0 Å². The summed E-state index contributed by atoms with van der Waals surface area (Å²) in [6.45, 7) is 5.88. The molecule has 0 bridgehead atoms. The molecule has 19 heavy (non-hydrogen) atoms. The molecule has 2 nitrogen and oxygen atoms in total. The van der Waals surface area contributed by atoms with E-state index in [9.17, 15) is 13.2 Å². The molecule has 1 N–H and O–H groups in total. The molecular weight excluding hydrogens is 253 g/mol. The molecule has 1 fully saturated rings. The zero-order valence-corrected chi connectivity index (χ0v) is 11.2. The Morgan fingerprint density at radius 2 is 1.89 bits per heavy atom. The summed E-state index contributed by atoms with van der Waals surface area (Å²) in [6, 6.07) is 6.16. The smallest absolute Gasteiger partial charge is 0.366 e. The normalized spacial score (nSPS) is 24.6. The minimum absolute atomic E-state index is 0.341. The van der Waals surface area contributed by atoms with Crippen molar-refractivity contribution in [2.75, 3.05) is 18.0 Å². The lowest BCUT2D eigenvalue weighted by Crippen LogP contribution is -2.55. The first-order valence-corrected chi connectivity index (χ1v) is 6.59. The first-order valence-electron chi connectivity index (χ1n) is 6.59. The fourth-order valence-corrected chi connectivity index (χ4v) is 2.48. The van der Waals surface area contributed by atoms with Crippen molar-refractivity contribution >= 4 is 5.69 Å². The molecule has 1 heterocycles. The van der Waals surface area contributed by atoms with E-state index in [-0.39, 0.29) is 0 Å². The van der Waals surface area contributed by atoms with Crippen LogP contribution in [-0.4, -0.2) is 25.2 Å². The molecule has 2 unspecified atom stereocenters. The number of hydrogen-bond acceptors (Lipinski definition) is 2. The molecule has 0 aliphatic carbocycles. The summed E-state index contributed by atoms with van der Waals surface area (Å²) in [4.78, 5) is 2.20. The van der Waals surface area contributed by atoms with Crippen molar-refractivity contribution in [3.63, 3.8) is 0 Å². The molecule has 0 amide bonds. The van der Waals surface area contributed by atoms with E-state index in [4.69, 9.17) is 0 Å². The molecule has 0 radical (unpaired) electrons. The van der Waals surface area contributed by atoms with Crippen LogP contribution >= 0.6 is 0 Å². The van der Waals surface area contributed by atoms with Crippen molar-refractivity contribution in [3.8, 4) is 0 Å². The van der Waals surface area contributed by atoms with Gasteiger partial charge in [0.05, 0.1) is 5.56 Å². The summed E-state index contributed by atoms with van der Waals surface area (Å²) in [5.74, 6) is 0. The third kappa shape index (κ3) is 3.21. The van der Waals surface area contributed by atoms with Crippen molar-refractivity contribution in [2.45, 2.75) is 38.5 Å². The quantitative estimate of drug-likeness (QED) is 0.888. The third-order valence-electron chi connectivity index (χ3n) is 3.61. The van der Waals surface area contributed by atoms with E-state index in [1.54, 1.807) is 12.1 Å². The Labute approximate surface area is 111 Å². The van der Waals surface area contributed by atoms with E-state index < -0.39 is 11.7 Å². The van der Waals surface area contributed by atoms with E-state index >= 15 is 0 Å². The molecule has 1 aliphatic heterocycles. The van der Waals surface area contributed by atoms with Crippen molar-refractivity contribution in [1.29, 1.82) is 0 Å². The van der Waals surface area contributed by atoms with Crippen LogP contribution in [0.1, 0.15) is 25.8 Å². The van der Waals surface area contributed by atoms with E-state index in [0.717, 1.165) is 37.3 Å². The highest BCUT2D eigenvalue weighted by Gasteiger charge is 2.31. The Kier molecular flexibility index (Phi) is 4.04. The van der Waals surface area contributed by atoms with E-state index in [2.05, 4.69) is 24.1 Å². The zero-order chi connectivity index (χ0) is 14.0. The summed E-state index contributed by atoms with van der Waals surface area (Å²) in [5.41, 5.74) is 0.278. The largest absolute Gasteiger partial charge is 0.416 e. The van der Waals surface area contributed by atoms with Crippen LogP contribution in [0.15, 0.2) is 24.3 Å². The molecule has 2 atom stereocenters. The fraction of sp³-hybridized carbons (Fsp3) is 0.571. The van der Waals surface area contributed by atoms with E-state index in [0.29, 0.717) is 12.1 Å². The van der Waals surface area contributed by atoms with Crippen molar-refractivity contribution in [3.05, 3.63) is 29.8 Å². The summed E-state index contributed by atoms with van der Waals surface area (Å²) in [7, 11) is 0. The monoisotopic (exact) mass is 272 g/mol.